The fourth-order valence-corrected chi connectivity index (χ4v) is 5.61. The van der Waals surface area contributed by atoms with E-state index in [-0.39, 0.29) is 0 Å². The quantitative estimate of drug-likeness (QED) is 0.545. The second-order valence-electron chi connectivity index (χ2n) is 5.22. The second kappa shape index (κ2) is 6.26. The van der Waals surface area contributed by atoms with Gasteiger partial charge >= 0.3 is 0 Å². The largest absolute Gasteiger partial charge is 0.311 e. The minimum atomic E-state index is -0.456. The van der Waals surface area contributed by atoms with Crippen molar-refractivity contribution in [3.63, 3.8) is 0 Å². The number of nitrogens with zero attached hydrogens (tertiary/aromatic N) is 1. The van der Waals surface area contributed by atoms with E-state index in [1.54, 1.807) is 0 Å². The molecule has 0 bridgehead atoms. The van der Waals surface area contributed by atoms with Gasteiger partial charge in [-0.2, -0.15) is 11.1 Å². The van der Waals surface area contributed by atoms with Crippen LogP contribution < -0.4 is 0 Å². The summed E-state index contributed by atoms with van der Waals surface area (Å²) in [6, 6.07) is 1.73. The highest BCUT2D eigenvalue weighted by Crippen LogP contribution is 2.29. The van der Waals surface area contributed by atoms with Crippen molar-refractivity contribution in [3.05, 3.63) is 0 Å². The average Bonchev–Trinajstić information content (AvgIpc) is 2.33. The van der Waals surface area contributed by atoms with Crippen LogP contribution in [0.25, 0.3) is 0 Å². The van der Waals surface area contributed by atoms with Gasteiger partial charge in [-0.25, -0.2) is 0 Å². The van der Waals surface area contributed by atoms with Gasteiger partial charge in [0.1, 0.15) is 0 Å². The van der Waals surface area contributed by atoms with Gasteiger partial charge in [-0.1, -0.05) is 38.5 Å². The van der Waals surface area contributed by atoms with Crippen LogP contribution in [-0.2, 0) is 0 Å². The SMILES string of the molecule is Cl[SiH2]N(C1CCCCC1)C1CCCCC1. The van der Waals surface area contributed by atoms with Crippen molar-refractivity contribution in [2.24, 2.45) is 0 Å². The van der Waals surface area contributed by atoms with Crippen molar-refractivity contribution in [2.75, 3.05) is 0 Å². The van der Waals surface area contributed by atoms with E-state index in [4.69, 9.17) is 11.1 Å². The Balaban J connectivity index is 1.88. The van der Waals surface area contributed by atoms with Crippen LogP contribution in [0.4, 0.5) is 0 Å². The van der Waals surface area contributed by atoms with E-state index in [1.165, 1.54) is 64.2 Å². The first-order valence-electron chi connectivity index (χ1n) is 6.73. The third kappa shape index (κ3) is 3.21. The first-order chi connectivity index (χ1) is 7.42. The van der Waals surface area contributed by atoms with Crippen molar-refractivity contribution < 1.29 is 0 Å². The first kappa shape index (κ1) is 11.9. The molecule has 0 aromatic carbocycles. The van der Waals surface area contributed by atoms with Crippen LogP contribution in [0.5, 0.6) is 0 Å². The lowest BCUT2D eigenvalue weighted by Gasteiger charge is -2.40. The Labute approximate surface area is 101 Å². The molecule has 0 saturated heterocycles. The van der Waals surface area contributed by atoms with Gasteiger partial charge < -0.3 is 4.57 Å². The van der Waals surface area contributed by atoms with Gasteiger partial charge in [0, 0.05) is 12.1 Å². The van der Waals surface area contributed by atoms with Crippen LogP contribution in [0.1, 0.15) is 64.2 Å². The van der Waals surface area contributed by atoms with Crippen LogP contribution in [0.2, 0.25) is 0 Å². The molecule has 0 amide bonds. The van der Waals surface area contributed by atoms with E-state index < -0.39 is 8.99 Å². The van der Waals surface area contributed by atoms with Crippen molar-refractivity contribution >= 4 is 20.1 Å². The zero-order valence-corrected chi connectivity index (χ0v) is 11.9. The Bertz CT molecular complexity index is 158. The summed E-state index contributed by atoms with van der Waals surface area (Å²) in [5, 5.41) is 0. The van der Waals surface area contributed by atoms with Gasteiger partial charge in [0.25, 0.3) is 0 Å². The predicted octanol–water partition coefficient (Wildman–Crippen LogP) is 3.19. The van der Waals surface area contributed by atoms with E-state index in [0.29, 0.717) is 0 Å². The molecule has 2 fully saturated rings. The van der Waals surface area contributed by atoms with Gasteiger partial charge in [-0.15, -0.1) is 0 Å². The zero-order valence-electron chi connectivity index (χ0n) is 9.76. The molecule has 0 atom stereocenters. The minimum absolute atomic E-state index is 0.456. The molecule has 2 aliphatic carbocycles. The molecule has 2 saturated carbocycles. The minimum Gasteiger partial charge on any atom is -0.311 e. The Morgan fingerprint density at radius 2 is 1.13 bits per heavy atom. The summed E-state index contributed by atoms with van der Waals surface area (Å²) >= 11 is 6.30. The molecular formula is C12H24ClNSi. The fraction of sp³-hybridized carbons (Fsp3) is 1.00. The molecule has 2 rings (SSSR count). The van der Waals surface area contributed by atoms with Crippen molar-refractivity contribution in [1.29, 1.82) is 0 Å². The van der Waals surface area contributed by atoms with Crippen molar-refractivity contribution in [3.8, 4) is 0 Å². The van der Waals surface area contributed by atoms with Gasteiger partial charge in [0.2, 0.25) is 0 Å². The van der Waals surface area contributed by atoms with Crippen LogP contribution in [0.15, 0.2) is 0 Å². The van der Waals surface area contributed by atoms with Gasteiger partial charge in [-0.05, 0) is 25.7 Å². The van der Waals surface area contributed by atoms with E-state index >= 15 is 0 Å². The molecule has 15 heavy (non-hydrogen) atoms. The highest BCUT2D eigenvalue weighted by Gasteiger charge is 2.27. The van der Waals surface area contributed by atoms with E-state index in [2.05, 4.69) is 4.57 Å². The second-order valence-corrected chi connectivity index (χ2v) is 6.90. The molecule has 0 aromatic rings. The summed E-state index contributed by atoms with van der Waals surface area (Å²) in [6.45, 7) is 0. The summed E-state index contributed by atoms with van der Waals surface area (Å²) < 4.78 is 2.75. The standard InChI is InChI=1S/C12H24ClNSi/c13-15-14(11-7-3-1-4-8-11)12-9-5-2-6-10-12/h11-12H,1-10,15H2. The smallest absolute Gasteiger partial charge is 0.198 e. The number of rotatable bonds is 3. The maximum Gasteiger partial charge on any atom is 0.198 e. The fourth-order valence-electron chi connectivity index (χ4n) is 3.32. The van der Waals surface area contributed by atoms with Gasteiger partial charge in [-0.3, -0.25) is 0 Å². The van der Waals surface area contributed by atoms with Crippen LogP contribution in [-0.4, -0.2) is 25.6 Å². The summed E-state index contributed by atoms with van der Waals surface area (Å²) in [5.74, 6) is 0. The summed E-state index contributed by atoms with van der Waals surface area (Å²) in [4.78, 5) is 0. The van der Waals surface area contributed by atoms with Crippen molar-refractivity contribution in [1.82, 2.24) is 4.57 Å². The maximum atomic E-state index is 6.30. The molecule has 0 spiro atoms. The third-order valence-corrected chi connectivity index (χ3v) is 6.36. The molecule has 0 unspecified atom stereocenters. The first-order valence-corrected chi connectivity index (χ1v) is 9.50. The monoisotopic (exact) mass is 245 g/mol. The van der Waals surface area contributed by atoms with Crippen LogP contribution in [0, 0.1) is 0 Å². The molecule has 0 radical (unpaired) electrons. The molecule has 1 nitrogen and oxygen atoms in total. The highest BCUT2D eigenvalue weighted by atomic mass is 35.6. The molecule has 0 aliphatic heterocycles. The zero-order chi connectivity index (χ0) is 10.5. The normalized spacial score (nSPS) is 26.8. The summed E-state index contributed by atoms with van der Waals surface area (Å²) in [7, 11) is -0.456. The molecule has 2 aliphatic rings. The van der Waals surface area contributed by atoms with E-state index in [9.17, 15) is 0 Å². The van der Waals surface area contributed by atoms with Crippen molar-refractivity contribution in [2.45, 2.75) is 76.3 Å². The lowest BCUT2D eigenvalue weighted by Crippen LogP contribution is -2.45. The Morgan fingerprint density at radius 3 is 1.47 bits per heavy atom. The summed E-state index contributed by atoms with van der Waals surface area (Å²) in [5.41, 5.74) is 0. The Morgan fingerprint density at radius 1 is 0.733 bits per heavy atom. The Kier molecular flexibility index (Phi) is 4.98. The number of halogens is 1. The average molecular weight is 246 g/mol. The topological polar surface area (TPSA) is 3.24 Å². The number of hydrogen-bond donors (Lipinski definition) is 0. The van der Waals surface area contributed by atoms with Crippen LogP contribution in [0.3, 0.4) is 0 Å². The lowest BCUT2D eigenvalue weighted by atomic mass is 9.91. The van der Waals surface area contributed by atoms with Gasteiger partial charge in [0.15, 0.2) is 8.99 Å². The molecule has 88 valence electrons. The van der Waals surface area contributed by atoms with Gasteiger partial charge in [0.05, 0.1) is 0 Å². The molecule has 0 N–H and O–H groups in total. The Hall–Kier alpha value is 0.467. The predicted molar refractivity (Wildman–Crippen MR) is 70.0 cm³/mol. The molecular weight excluding hydrogens is 222 g/mol. The van der Waals surface area contributed by atoms with E-state index in [1.807, 2.05) is 0 Å². The third-order valence-electron chi connectivity index (χ3n) is 4.23. The molecule has 0 heterocycles. The molecule has 0 aromatic heterocycles. The maximum absolute atomic E-state index is 6.30. The molecule has 3 heteroatoms. The lowest BCUT2D eigenvalue weighted by molar-refractivity contribution is 0.173. The van der Waals surface area contributed by atoms with E-state index in [0.717, 1.165) is 12.1 Å². The highest BCUT2D eigenvalue weighted by molar-refractivity contribution is 6.92. The summed E-state index contributed by atoms with van der Waals surface area (Å²) in [6.07, 6.45) is 14.4. The van der Waals surface area contributed by atoms with Crippen LogP contribution >= 0.6 is 11.1 Å². The number of hydrogen-bond acceptors (Lipinski definition) is 1.